The van der Waals surface area contributed by atoms with Crippen LogP contribution in [0, 0.1) is 5.92 Å². The minimum atomic E-state index is -0.793. The number of para-hydroxylation sites is 1. The summed E-state index contributed by atoms with van der Waals surface area (Å²) in [7, 11) is 1.27. The van der Waals surface area contributed by atoms with Gasteiger partial charge in [0.1, 0.15) is 6.04 Å². The maximum Gasteiger partial charge on any atom is 0.328 e. The highest BCUT2D eigenvalue weighted by Gasteiger charge is 2.23. The fourth-order valence-corrected chi connectivity index (χ4v) is 3.00. The van der Waals surface area contributed by atoms with Crippen molar-refractivity contribution >= 4 is 28.7 Å². The van der Waals surface area contributed by atoms with E-state index in [1.807, 2.05) is 44.3 Å². The molecule has 0 saturated carbocycles. The van der Waals surface area contributed by atoms with Crippen LogP contribution in [0.3, 0.4) is 0 Å². The first-order valence-electron chi connectivity index (χ1n) is 9.27. The number of ether oxygens (including phenoxy) is 1. The second-order valence-electron chi connectivity index (χ2n) is 7.16. The van der Waals surface area contributed by atoms with Crippen LogP contribution in [0.1, 0.15) is 25.8 Å². The number of carbonyl (C=O) groups is 3. The summed E-state index contributed by atoms with van der Waals surface area (Å²) in [6.45, 7) is 3.62. The summed E-state index contributed by atoms with van der Waals surface area (Å²) in [5.41, 5.74) is 7.90. The molecular formula is C20H28N4O4. The number of hydrogen-bond donors (Lipinski definition) is 4. The molecule has 0 aliphatic heterocycles. The van der Waals surface area contributed by atoms with Crippen molar-refractivity contribution in [3.63, 3.8) is 0 Å². The Balaban J connectivity index is 1.86. The monoisotopic (exact) mass is 388 g/mol. The molecule has 8 heteroatoms. The van der Waals surface area contributed by atoms with Gasteiger partial charge in [-0.15, -0.1) is 0 Å². The van der Waals surface area contributed by atoms with Crippen LogP contribution in [0.5, 0.6) is 0 Å². The molecule has 0 unspecified atom stereocenters. The zero-order chi connectivity index (χ0) is 20.7. The van der Waals surface area contributed by atoms with E-state index in [0.717, 1.165) is 16.5 Å². The number of aromatic nitrogens is 1. The molecule has 0 aliphatic carbocycles. The largest absolute Gasteiger partial charge is 0.467 e. The number of hydrogen-bond acceptors (Lipinski definition) is 5. The number of nitrogens with two attached hydrogens (primary N) is 1. The van der Waals surface area contributed by atoms with E-state index in [2.05, 4.69) is 15.6 Å². The second kappa shape index (κ2) is 9.89. The molecule has 2 atom stereocenters. The zero-order valence-electron chi connectivity index (χ0n) is 16.5. The summed E-state index contributed by atoms with van der Waals surface area (Å²) in [6, 6.07) is 6.22. The molecule has 0 spiro atoms. The van der Waals surface area contributed by atoms with Crippen LogP contribution < -0.4 is 16.4 Å². The van der Waals surface area contributed by atoms with Crippen LogP contribution in [0.4, 0.5) is 0 Å². The highest BCUT2D eigenvalue weighted by molar-refractivity contribution is 5.90. The molecule has 0 radical (unpaired) electrons. The van der Waals surface area contributed by atoms with Crippen molar-refractivity contribution in [1.82, 2.24) is 15.6 Å². The quantitative estimate of drug-likeness (QED) is 0.474. The lowest BCUT2D eigenvalue weighted by Gasteiger charge is -2.19. The summed E-state index contributed by atoms with van der Waals surface area (Å²) < 4.78 is 4.71. The smallest absolute Gasteiger partial charge is 0.328 e. The number of carbonyl (C=O) groups excluding carboxylic acids is 3. The number of fused-ring (bicyclic) bond motifs is 1. The molecule has 152 valence electrons. The number of esters is 1. The van der Waals surface area contributed by atoms with Gasteiger partial charge in [-0.25, -0.2) is 4.79 Å². The van der Waals surface area contributed by atoms with Gasteiger partial charge in [0.15, 0.2) is 0 Å². The topological polar surface area (TPSA) is 126 Å². The summed E-state index contributed by atoms with van der Waals surface area (Å²) in [5.74, 6) is -1.21. The van der Waals surface area contributed by atoms with E-state index in [1.165, 1.54) is 7.11 Å². The van der Waals surface area contributed by atoms with E-state index in [4.69, 9.17) is 10.5 Å². The van der Waals surface area contributed by atoms with E-state index >= 15 is 0 Å². The third-order valence-corrected chi connectivity index (χ3v) is 4.40. The molecule has 0 aliphatic rings. The SMILES string of the molecule is COC(=O)[C@@H](CC(C)C)NC(=O)CNC(=O)[C@@H](N)Cc1c[nH]c2ccccc12. The molecule has 5 N–H and O–H groups in total. The predicted octanol–water partition coefficient (Wildman–Crippen LogP) is 0.858. The van der Waals surface area contributed by atoms with Crippen molar-refractivity contribution in [3.8, 4) is 0 Å². The van der Waals surface area contributed by atoms with Gasteiger partial charge in [0.05, 0.1) is 19.7 Å². The maximum atomic E-state index is 12.2. The van der Waals surface area contributed by atoms with E-state index in [9.17, 15) is 14.4 Å². The molecule has 1 aromatic carbocycles. The molecule has 8 nitrogen and oxygen atoms in total. The highest BCUT2D eigenvalue weighted by Crippen LogP contribution is 2.18. The Labute approximate surface area is 164 Å². The van der Waals surface area contributed by atoms with Gasteiger partial charge in [-0.3, -0.25) is 9.59 Å². The zero-order valence-corrected chi connectivity index (χ0v) is 16.5. The predicted molar refractivity (Wildman–Crippen MR) is 106 cm³/mol. The summed E-state index contributed by atoms with van der Waals surface area (Å²) in [6.07, 6.45) is 2.62. The average molecular weight is 388 g/mol. The summed E-state index contributed by atoms with van der Waals surface area (Å²) in [4.78, 5) is 39.2. The standard InChI is InChI=1S/C20H28N4O4/c1-12(2)8-17(20(27)28-3)24-18(25)11-23-19(26)15(21)9-13-10-22-16-7-5-4-6-14(13)16/h4-7,10,12,15,17,22H,8-9,11,21H2,1-3H3,(H,23,26)(H,24,25)/t15-,17+/m0/s1. The van der Waals surface area contributed by atoms with Crippen LogP contribution in [-0.4, -0.2) is 48.5 Å². The van der Waals surface area contributed by atoms with Crippen LogP contribution >= 0.6 is 0 Å². The van der Waals surface area contributed by atoms with Gasteiger partial charge in [-0.2, -0.15) is 0 Å². The third-order valence-electron chi connectivity index (χ3n) is 4.40. The van der Waals surface area contributed by atoms with Crippen molar-refractivity contribution in [2.45, 2.75) is 38.8 Å². The van der Waals surface area contributed by atoms with Crippen LogP contribution in [0.25, 0.3) is 10.9 Å². The Bertz CT molecular complexity index is 830. The second-order valence-corrected chi connectivity index (χ2v) is 7.16. The van der Waals surface area contributed by atoms with E-state index in [0.29, 0.717) is 12.8 Å². The Morgan fingerprint density at radius 2 is 1.93 bits per heavy atom. The number of H-pyrrole nitrogens is 1. The highest BCUT2D eigenvalue weighted by atomic mass is 16.5. The first-order valence-corrected chi connectivity index (χ1v) is 9.27. The Morgan fingerprint density at radius 3 is 2.61 bits per heavy atom. The number of aromatic amines is 1. The maximum absolute atomic E-state index is 12.2. The molecule has 1 heterocycles. The van der Waals surface area contributed by atoms with Gasteiger partial charge >= 0.3 is 5.97 Å². The lowest BCUT2D eigenvalue weighted by Crippen LogP contribution is -2.49. The van der Waals surface area contributed by atoms with Gasteiger partial charge in [-0.1, -0.05) is 32.0 Å². The average Bonchev–Trinajstić information content (AvgIpc) is 3.07. The van der Waals surface area contributed by atoms with Gasteiger partial charge < -0.3 is 26.1 Å². The molecule has 0 saturated heterocycles. The van der Waals surface area contributed by atoms with Crippen molar-refractivity contribution in [2.24, 2.45) is 11.7 Å². The number of methoxy groups -OCH3 is 1. The molecule has 0 fully saturated rings. The van der Waals surface area contributed by atoms with Crippen LogP contribution in [-0.2, 0) is 25.5 Å². The first kappa shape index (κ1) is 21.4. The number of rotatable bonds is 9. The molecular weight excluding hydrogens is 360 g/mol. The minimum Gasteiger partial charge on any atom is -0.467 e. The lowest BCUT2D eigenvalue weighted by atomic mass is 10.0. The fraction of sp³-hybridized carbons (Fsp3) is 0.450. The van der Waals surface area contributed by atoms with Crippen LogP contribution in [0.2, 0.25) is 0 Å². The summed E-state index contributed by atoms with van der Waals surface area (Å²) >= 11 is 0. The van der Waals surface area contributed by atoms with Crippen molar-refractivity contribution < 1.29 is 19.1 Å². The van der Waals surface area contributed by atoms with Crippen LogP contribution in [0.15, 0.2) is 30.5 Å². The normalized spacial score (nSPS) is 13.2. The van der Waals surface area contributed by atoms with Gasteiger partial charge in [0.25, 0.3) is 0 Å². The van der Waals surface area contributed by atoms with Gasteiger partial charge in [-0.05, 0) is 30.4 Å². The fourth-order valence-electron chi connectivity index (χ4n) is 3.00. The number of nitrogens with one attached hydrogen (secondary N) is 3. The van der Waals surface area contributed by atoms with E-state index in [-0.39, 0.29) is 12.5 Å². The van der Waals surface area contributed by atoms with Gasteiger partial charge in [0, 0.05) is 17.1 Å². The lowest BCUT2D eigenvalue weighted by molar-refractivity contribution is -0.145. The molecule has 28 heavy (non-hydrogen) atoms. The summed E-state index contributed by atoms with van der Waals surface area (Å²) in [5, 5.41) is 6.12. The third kappa shape index (κ3) is 5.82. The molecule has 2 aromatic rings. The first-order chi connectivity index (χ1) is 13.3. The molecule has 2 amide bonds. The Kier molecular flexibility index (Phi) is 7.57. The van der Waals surface area contributed by atoms with Gasteiger partial charge in [0.2, 0.25) is 11.8 Å². The molecule has 2 rings (SSSR count). The molecule has 0 bridgehead atoms. The Hall–Kier alpha value is -2.87. The van der Waals surface area contributed by atoms with Crippen molar-refractivity contribution in [3.05, 3.63) is 36.0 Å². The van der Waals surface area contributed by atoms with E-state index in [1.54, 1.807) is 0 Å². The number of benzene rings is 1. The molecule has 1 aromatic heterocycles. The van der Waals surface area contributed by atoms with Crippen molar-refractivity contribution in [1.29, 1.82) is 0 Å². The minimum absolute atomic E-state index is 0.198. The number of amides is 2. The Morgan fingerprint density at radius 1 is 1.21 bits per heavy atom. The van der Waals surface area contributed by atoms with E-state index < -0.39 is 29.9 Å². The van der Waals surface area contributed by atoms with Crippen molar-refractivity contribution in [2.75, 3.05) is 13.7 Å².